The Hall–Kier alpha value is -1.71. The lowest BCUT2D eigenvalue weighted by Crippen LogP contribution is -2.40. The SMILES string of the molecule is CN=C(NCCN(C)CCCOC)NCc1cccc(-c2ccccn2)c1.I. The standard InChI is InChI=1S/C21H31N5O.HI/c1-22-21(24-12-14-26(2)13-7-15-27-3)25-17-18-8-6-9-19(16-18)20-10-4-5-11-23-20;/h4-6,8-11,16H,7,12-15,17H2,1-3H3,(H2,22,24,25);1H. The summed E-state index contributed by atoms with van der Waals surface area (Å²) < 4.78 is 5.09. The second-order valence-corrected chi connectivity index (χ2v) is 6.42. The first-order chi connectivity index (χ1) is 13.2. The van der Waals surface area contributed by atoms with Gasteiger partial charge in [-0.2, -0.15) is 0 Å². The molecule has 2 N–H and O–H groups in total. The zero-order chi connectivity index (χ0) is 19.3. The van der Waals surface area contributed by atoms with Crippen molar-refractivity contribution in [3.63, 3.8) is 0 Å². The van der Waals surface area contributed by atoms with Crippen LogP contribution in [0, 0.1) is 0 Å². The Morgan fingerprint density at radius 2 is 2.00 bits per heavy atom. The van der Waals surface area contributed by atoms with Gasteiger partial charge in [0.05, 0.1) is 5.69 Å². The van der Waals surface area contributed by atoms with Gasteiger partial charge in [-0.1, -0.05) is 24.3 Å². The highest BCUT2D eigenvalue weighted by molar-refractivity contribution is 14.0. The minimum absolute atomic E-state index is 0. The zero-order valence-corrected chi connectivity index (χ0v) is 19.3. The van der Waals surface area contributed by atoms with Crippen LogP contribution in [-0.2, 0) is 11.3 Å². The number of hydrogen-bond acceptors (Lipinski definition) is 4. The van der Waals surface area contributed by atoms with Gasteiger partial charge in [0.1, 0.15) is 0 Å². The molecule has 7 heteroatoms. The molecule has 0 spiro atoms. The van der Waals surface area contributed by atoms with Crippen LogP contribution in [0.5, 0.6) is 0 Å². The van der Waals surface area contributed by atoms with Gasteiger partial charge in [-0.3, -0.25) is 9.98 Å². The number of aliphatic imine (C=N–C) groups is 1. The number of halogens is 1. The van der Waals surface area contributed by atoms with E-state index in [0.29, 0.717) is 6.54 Å². The molecule has 0 bridgehead atoms. The fourth-order valence-corrected chi connectivity index (χ4v) is 2.74. The van der Waals surface area contributed by atoms with Gasteiger partial charge < -0.3 is 20.3 Å². The van der Waals surface area contributed by atoms with E-state index in [1.807, 2.05) is 24.4 Å². The third-order valence-corrected chi connectivity index (χ3v) is 4.25. The predicted octanol–water partition coefficient (Wildman–Crippen LogP) is 3.00. The van der Waals surface area contributed by atoms with Crippen LogP contribution < -0.4 is 10.6 Å². The Bertz CT molecular complexity index is 696. The molecule has 0 aliphatic carbocycles. The molecule has 1 aromatic heterocycles. The summed E-state index contributed by atoms with van der Waals surface area (Å²) in [5.74, 6) is 0.809. The number of nitrogens with zero attached hydrogens (tertiary/aromatic N) is 3. The van der Waals surface area contributed by atoms with E-state index in [4.69, 9.17) is 4.74 Å². The molecule has 1 aromatic carbocycles. The van der Waals surface area contributed by atoms with E-state index in [2.05, 4.69) is 56.8 Å². The summed E-state index contributed by atoms with van der Waals surface area (Å²) in [6.45, 7) is 4.35. The highest BCUT2D eigenvalue weighted by atomic mass is 127. The molecule has 0 saturated heterocycles. The second kappa shape index (κ2) is 14.3. The summed E-state index contributed by atoms with van der Waals surface area (Å²) in [5.41, 5.74) is 3.30. The molecule has 2 rings (SSSR count). The van der Waals surface area contributed by atoms with Crippen LogP contribution in [0.1, 0.15) is 12.0 Å². The molecule has 0 unspecified atom stereocenters. The minimum Gasteiger partial charge on any atom is -0.385 e. The smallest absolute Gasteiger partial charge is 0.191 e. The molecule has 154 valence electrons. The fourth-order valence-electron chi connectivity index (χ4n) is 2.74. The molecular weight excluding hydrogens is 465 g/mol. The number of nitrogens with one attached hydrogen (secondary N) is 2. The molecule has 0 aliphatic heterocycles. The number of guanidine groups is 1. The van der Waals surface area contributed by atoms with Gasteiger partial charge in [-0.25, -0.2) is 0 Å². The maximum Gasteiger partial charge on any atom is 0.191 e. The number of ether oxygens (including phenoxy) is 1. The normalized spacial score (nSPS) is 11.2. The fraction of sp³-hybridized carbons (Fsp3) is 0.429. The lowest BCUT2D eigenvalue weighted by atomic mass is 10.1. The minimum atomic E-state index is 0. The third-order valence-electron chi connectivity index (χ3n) is 4.25. The zero-order valence-electron chi connectivity index (χ0n) is 17.0. The molecular formula is C21H32IN5O. The molecule has 0 fully saturated rings. The van der Waals surface area contributed by atoms with Crippen LogP contribution in [0.3, 0.4) is 0 Å². The van der Waals surface area contributed by atoms with E-state index in [1.165, 1.54) is 5.56 Å². The lowest BCUT2D eigenvalue weighted by molar-refractivity contribution is 0.180. The van der Waals surface area contributed by atoms with Crippen molar-refractivity contribution < 1.29 is 4.74 Å². The van der Waals surface area contributed by atoms with E-state index in [1.54, 1.807) is 14.2 Å². The molecule has 0 amide bonds. The topological polar surface area (TPSA) is 61.8 Å². The predicted molar refractivity (Wildman–Crippen MR) is 127 cm³/mol. The van der Waals surface area contributed by atoms with Crippen LogP contribution in [0.25, 0.3) is 11.3 Å². The van der Waals surface area contributed by atoms with Gasteiger partial charge >= 0.3 is 0 Å². The van der Waals surface area contributed by atoms with Crippen molar-refractivity contribution >= 4 is 29.9 Å². The van der Waals surface area contributed by atoms with E-state index < -0.39 is 0 Å². The van der Waals surface area contributed by atoms with Gasteiger partial charge in [-0.15, -0.1) is 24.0 Å². The number of likely N-dealkylation sites (N-methyl/N-ethyl adjacent to an activating group) is 1. The summed E-state index contributed by atoms with van der Waals surface area (Å²) in [7, 11) is 5.65. The molecule has 0 radical (unpaired) electrons. The van der Waals surface area contributed by atoms with Crippen molar-refractivity contribution in [2.45, 2.75) is 13.0 Å². The Balaban J connectivity index is 0.00000392. The molecule has 0 atom stereocenters. The first-order valence-corrected chi connectivity index (χ1v) is 9.35. The van der Waals surface area contributed by atoms with Gasteiger partial charge in [0.25, 0.3) is 0 Å². The van der Waals surface area contributed by atoms with Gasteiger partial charge in [0.15, 0.2) is 5.96 Å². The van der Waals surface area contributed by atoms with Crippen LogP contribution in [0.2, 0.25) is 0 Å². The van der Waals surface area contributed by atoms with Crippen molar-refractivity contribution in [1.82, 2.24) is 20.5 Å². The second-order valence-electron chi connectivity index (χ2n) is 6.42. The largest absolute Gasteiger partial charge is 0.385 e. The molecule has 0 saturated carbocycles. The monoisotopic (exact) mass is 497 g/mol. The van der Waals surface area contributed by atoms with Crippen molar-refractivity contribution in [3.05, 3.63) is 54.2 Å². The Morgan fingerprint density at radius 3 is 2.71 bits per heavy atom. The summed E-state index contributed by atoms with van der Waals surface area (Å²) in [5, 5.41) is 6.73. The van der Waals surface area contributed by atoms with Crippen molar-refractivity contribution in [2.24, 2.45) is 4.99 Å². The first-order valence-electron chi connectivity index (χ1n) is 9.35. The lowest BCUT2D eigenvalue weighted by Gasteiger charge is -2.18. The summed E-state index contributed by atoms with van der Waals surface area (Å²) in [4.78, 5) is 11.0. The van der Waals surface area contributed by atoms with E-state index in [-0.39, 0.29) is 24.0 Å². The van der Waals surface area contributed by atoms with E-state index >= 15 is 0 Å². The third kappa shape index (κ3) is 8.99. The highest BCUT2D eigenvalue weighted by Crippen LogP contribution is 2.17. The van der Waals surface area contributed by atoms with Crippen LogP contribution in [0.15, 0.2) is 53.7 Å². The average Bonchev–Trinajstić information content (AvgIpc) is 2.71. The van der Waals surface area contributed by atoms with Crippen LogP contribution in [-0.4, -0.2) is 63.3 Å². The molecule has 0 aliphatic rings. The maximum atomic E-state index is 5.09. The Kier molecular flexibility index (Phi) is 12.4. The van der Waals surface area contributed by atoms with Crippen LogP contribution >= 0.6 is 24.0 Å². The molecule has 6 nitrogen and oxygen atoms in total. The Morgan fingerprint density at radius 1 is 1.14 bits per heavy atom. The molecule has 1 heterocycles. The van der Waals surface area contributed by atoms with Crippen LogP contribution in [0.4, 0.5) is 0 Å². The number of rotatable bonds is 10. The maximum absolute atomic E-state index is 5.09. The molecule has 28 heavy (non-hydrogen) atoms. The number of pyridine rings is 1. The number of methoxy groups -OCH3 is 1. The summed E-state index contributed by atoms with van der Waals surface area (Å²) >= 11 is 0. The van der Waals surface area contributed by atoms with Gasteiger partial charge in [0.2, 0.25) is 0 Å². The van der Waals surface area contributed by atoms with Crippen molar-refractivity contribution in [1.29, 1.82) is 0 Å². The van der Waals surface area contributed by atoms with Gasteiger partial charge in [0, 0.05) is 58.7 Å². The quantitative estimate of drug-likeness (QED) is 0.229. The summed E-state index contributed by atoms with van der Waals surface area (Å²) in [6, 6.07) is 14.4. The average molecular weight is 497 g/mol. The Labute approximate surface area is 185 Å². The van der Waals surface area contributed by atoms with Crippen molar-refractivity contribution in [2.75, 3.05) is 47.4 Å². The van der Waals surface area contributed by atoms with E-state index in [0.717, 1.165) is 49.9 Å². The number of aromatic nitrogens is 1. The van der Waals surface area contributed by atoms with Crippen molar-refractivity contribution in [3.8, 4) is 11.3 Å². The number of benzene rings is 1. The van der Waals surface area contributed by atoms with E-state index in [9.17, 15) is 0 Å². The molecule has 2 aromatic rings. The number of hydrogen-bond donors (Lipinski definition) is 2. The first kappa shape index (κ1) is 24.3. The summed E-state index contributed by atoms with van der Waals surface area (Å²) in [6.07, 6.45) is 2.87. The highest BCUT2D eigenvalue weighted by Gasteiger charge is 2.03. The van der Waals surface area contributed by atoms with Gasteiger partial charge in [-0.05, 0) is 37.2 Å².